The van der Waals surface area contributed by atoms with Crippen LogP contribution >= 0.6 is 12.4 Å². The van der Waals surface area contributed by atoms with Crippen LogP contribution in [0.1, 0.15) is 39.5 Å². The van der Waals surface area contributed by atoms with E-state index in [0.29, 0.717) is 0 Å². The van der Waals surface area contributed by atoms with Crippen molar-refractivity contribution in [2.24, 2.45) is 5.92 Å². The molecule has 0 heterocycles. The first kappa shape index (κ1) is 11.2. The van der Waals surface area contributed by atoms with E-state index in [1.807, 2.05) is 0 Å². The van der Waals surface area contributed by atoms with E-state index in [1.165, 1.54) is 25.7 Å². The van der Waals surface area contributed by atoms with Gasteiger partial charge in [-0.3, -0.25) is 0 Å². The first-order chi connectivity index (χ1) is 4.84. The Hall–Kier alpha value is 0.250. The van der Waals surface area contributed by atoms with E-state index in [0.717, 1.165) is 18.5 Å². The number of halogens is 1. The van der Waals surface area contributed by atoms with Crippen molar-refractivity contribution in [2.75, 3.05) is 6.54 Å². The van der Waals surface area contributed by atoms with Gasteiger partial charge in [0.25, 0.3) is 0 Å². The van der Waals surface area contributed by atoms with E-state index in [-0.39, 0.29) is 12.4 Å². The van der Waals surface area contributed by atoms with Gasteiger partial charge in [-0.05, 0) is 25.3 Å². The Morgan fingerprint density at radius 2 is 1.91 bits per heavy atom. The van der Waals surface area contributed by atoms with Crippen molar-refractivity contribution in [3.63, 3.8) is 0 Å². The van der Waals surface area contributed by atoms with Crippen molar-refractivity contribution in [1.29, 1.82) is 0 Å². The summed E-state index contributed by atoms with van der Waals surface area (Å²) in [6, 6.07) is 0.818. The molecule has 1 saturated carbocycles. The number of nitrogens with one attached hydrogen (secondary N) is 1. The van der Waals surface area contributed by atoms with Gasteiger partial charge in [0.2, 0.25) is 0 Å². The van der Waals surface area contributed by atoms with E-state index in [9.17, 15) is 0 Å². The fourth-order valence-corrected chi connectivity index (χ4v) is 1.88. The standard InChI is InChI=1S/C9H19N.ClH/c1-3-10-9-7-5-4-6-8(9)2;/h8-10H,3-7H2,1-2H3;1H. The Labute approximate surface area is 76.4 Å². The van der Waals surface area contributed by atoms with Crippen LogP contribution in [0, 0.1) is 5.92 Å². The highest BCUT2D eigenvalue weighted by atomic mass is 35.5. The molecule has 0 saturated heterocycles. The maximum absolute atomic E-state index is 3.53. The smallest absolute Gasteiger partial charge is 0.00925 e. The summed E-state index contributed by atoms with van der Waals surface area (Å²) in [5.41, 5.74) is 0. The molecule has 0 aromatic carbocycles. The molecule has 1 rings (SSSR count). The largest absolute Gasteiger partial charge is 0.314 e. The average Bonchev–Trinajstić information content (AvgIpc) is 1.94. The van der Waals surface area contributed by atoms with Crippen molar-refractivity contribution < 1.29 is 0 Å². The van der Waals surface area contributed by atoms with Crippen molar-refractivity contribution in [3.05, 3.63) is 0 Å². The lowest BCUT2D eigenvalue weighted by Crippen LogP contribution is -2.36. The Morgan fingerprint density at radius 1 is 1.27 bits per heavy atom. The predicted octanol–water partition coefficient (Wildman–Crippen LogP) is 2.60. The summed E-state index contributed by atoms with van der Waals surface area (Å²) in [5.74, 6) is 0.911. The minimum atomic E-state index is 0. The summed E-state index contributed by atoms with van der Waals surface area (Å²) in [5, 5.41) is 3.53. The third-order valence-corrected chi connectivity index (χ3v) is 2.58. The molecular formula is C9H20ClN. The monoisotopic (exact) mass is 177 g/mol. The summed E-state index contributed by atoms with van der Waals surface area (Å²) in [4.78, 5) is 0. The Morgan fingerprint density at radius 3 is 2.45 bits per heavy atom. The van der Waals surface area contributed by atoms with Gasteiger partial charge >= 0.3 is 0 Å². The predicted molar refractivity (Wildman–Crippen MR) is 52.3 cm³/mol. The van der Waals surface area contributed by atoms with Crippen molar-refractivity contribution in [3.8, 4) is 0 Å². The van der Waals surface area contributed by atoms with Gasteiger partial charge in [0.1, 0.15) is 0 Å². The van der Waals surface area contributed by atoms with Crippen LogP contribution in [0.25, 0.3) is 0 Å². The lowest BCUT2D eigenvalue weighted by atomic mass is 9.86. The first-order valence-corrected chi connectivity index (χ1v) is 4.58. The van der Waals surface area contributed by atoms with Gasteiger partial charge in [-0.15, -0.1) is 12.4 Å². The van der Waals surface area contributed by atoms with Gasteiger partial charge in [-0.1, -0.05) is 26.7 Å². The molecular weight excluding hydrogens is 158 g/mol. The highest BCUT2D eigenvalue weighted by Crippen LogP contribution is 2.23. The molecule has 1 nitrogen and oxygen atoms in total. The molecule has 2 unspecified atom stereocenters. The molecule has 0 amide bonds. The molecule has 0 aromatic rings. The van der Waals surface area contributed by atoms with E-state index < -0.39 is 0 Å². The zero-order valence-electron chi connectivity index (χ0n) is 7.60. The molecule has 1 N–H and O–H groups in total. The maximum Gasteiger partial charge on any atom is 0.00925 e. The Bertz CT molecular complexity index is 93.6. The molecule has 11 heavy (non-hydrogen) atoms. The Balaban J connectivity index is 0.000001000. The Kier molecular flexibility index (Phi) is 5.98. The second kappa shape index (κ2) is 5.84. The van der Waals surface area contributed by atoms with Crippen LogP contribution in [-0.2, 0) is 0 Å². The first-order valence-electron chi connectivity index (χ1n) is 4.58. The van der Waals surface area contributed by atoms with Gasteiger partial charge in [-0.2, -0.15) is 0 Å². The van der Waals surface area contributed by atoms with Crippen LogP contribution in [-0.4, -0.2) is 12.6 Å². The number of rotatable bonds is 2. The van der Waals surface area contributed by atoms with Crippen LogP contribution in [0.2, 0.25) is 0 Å². The molecule has 0 radical (unpaired) electrons. The fourth-order valence-electron chi connectivity index (χ4n) is 1.88. The van der Waals surface area contributed by atoms with Crippen LogP contribution in [0.4, 0.5) is 0 Å². The van der Waals surface area contributed by atoms with Crippen LogP contribution in [0.5, 0.6) is 0 Å². The molecule has 2 atom stereocenters. The van der Waals surface area contributed by atoms with E-state index in [2.05, 4.69) is 19.2 Å². The highest BCUT2D eigenvalue weighted by Gasteiger charge is 2.19. The van der Waals surface area contributed by atoms with Gasteiger partial charge in [0, 0.05) is 6.04 Å². The molecule has 0 aromatic heterocycles. The van der Waals surface area contributed by atoms with Gasteiger partial charge in [0.05, 0.1) is 0 Å². The van der Waals surface area contributed by atoms with Gasteiger partial charge in [0.15, 0.2) is 0 Å². The minimum Gasteiger partial charge on any atom is -0.314 e. The van der Waals surface area contributed by atoms with Crippen LogP contribution in [0.15, 0.2) is 0 Å². The lowest BCUT2D eigenvalue weighted by molar-refractivity contribution is 0.285. The molecule has 1 aliphatic carbocycles. The summed E-state index contributed by atoms with van der Waals surface area (Å²) in [6.45, 7) is 5.70. The third kappa shape index (κ3) is 3.44. The van der Waals surface area contributed by atoms with Gasteiger partial charge < -0.3 is 5.32 Å². The molecule has 0 spiro atoms. The maximum atomic E-state index is 3.53. The second-order valence-electron chi connectivity index (χ2n) is 3.43. The lowest BCUT2D eigenvalue weighted by Gasteiger charge is -2.29. The highest BCUT2D eigenvalue weighted by molar-refractivity contribution is 5.85. The van der Waals surface area contributed by atoms with Crippen molar-refractivity contribution >= 4 is 12.4 Å². The molecule has 68 valence electrons. The topological polar surface area (TPSA) is 12.0 Å². The van der Waals surface area contributed by atoms with E-state index in [1.54, 1.807) is 0 Å². The summed E-state index contributed by atoms with van der Waals surface area (Å²) in [7, 11) is 0. The molecule has 2 heteroatoms. The average molecular weight is 178 g/mol. The van der Waals surface area contributed by atoms with Crippen LogP contribution in [0.3, 0.4) is 0 Å². The van der Waals surface area contributed by atoms with E-state index in [4.69, 9.17) is 0 Å². The quantitative estimate of drug-likeness (QED) is 0.684. The SMILES string of the molecule is CCNC1CCCCC1C.Cl. The van der Waals surface area contributed by atoms with Crippen molar-refractivity contribution in [1.82, 2.24) is 5.32 Å². The van der Waals surface area contributed by atoms with Gasteiger partial charge in [-0.25, -0.2) is 0 Å². The molecule has 0 aliphatic heterocycles. The second-order valence-corrected chi connectivity index (χ2v) is 3.43. The number of hydrogen-bond acceptors (Lipinski definition) is 1. The zero-order valence-corrected chi connectivity index (χ0v) is 8.41. The van der Waals surface area contributed by atoms with Crippen LogP contribution < -0.4 is 5.32 Å². The summed E-state index contributed by atoms with van der Waals surface area (Å²) in [6.07, 6.45) is 5.71. The summed E-state index contributed by atoms with van der Waals surface area (Å²) < 4.78 is 0. The van der Waals surface area contributed by atoms with E-state index >= 15 is 0 Å². The number of hydrogen-bond donors (Lipinski definition) is 1. The van der Waals surface area contributed by atoms with Crippen molar-refractivity contribution in [2.45, 2.75) is 45.6 Å². The minimum absolute atomic E-state index is 0. The molecule has 1 fully saturated rings. The normalized spacial score (nSPS) is 31.1. The molecule has 1 aliphatic rings. The fraction of sp³-hybridized carbons (Fsp3) is 1.00. The summed E-state index contributed by atoms with van der Waals surface area (Å²) >= 11 is 0. The zero-order chi connectivity index (χ0) is 7.40. The third-order valence-electron chi connectivity index (χ3n) is 2.58. The molecule has 0 bridgehead atoms.